The van der Waals surface area contributed by atoms with E-state index in [1.807, 2.05) is 6.92 Å². The number of rotatable bonds is 2. The molecule has 0 aliphatic carbocycles. The van der Waals surface area contributed by atoms with Crippen LogP contribution in [0.3, 0.4) is 0 Å². The molecule has 0 aromatic heterocycles. The largest absolute Gasteiger partial charge is 0.484 e. The SMILES string of the molecule is C=C1C(C)Oc2cc(CC)c(C(N)=O)cc2S1(=O)=O. The fourth-order valence-electron chi connectivity index (χ4n) is 2.04. The van der Waals surface area contributed by atoms with Gasteiger partial charge in [-0.1, -0.05) is 13.5 Å². The number of carbonyl (C=O) groups is 1. The Morgan fingerprint density at radius 3 is 2.63 bits per heavy atom. The van der Waals surface area contributed by atoms with Gasteiger partial charge in [-0.05, 0) is 31.0 Å². The van der Waals surface area contributed by atoms with Crippen molar-refractivity contribution in [1.82, 2.24) is 0 Å². The fraction of sp³-hybridized carbons (Fsp3) is 0.308. The molecular formula is C13H15NO4S. The first-order chi connectivity index (χ1) is 8.78. The van der Waals surface area contributed by atoms with E-state index in [0.29, 0.717) is 12.0 Å². The minimum Gasteiger partial charge on any atom is -0.484 e. The molecular weight excluding hydrogens is 266 g/mol. The molecule has 102 valence electrons. The second-order valence-electron chi connectivity index (χ2n) is 4.40. The minimum atomic E-state index is -3.68. The van der Waals surface area contributed by atoms with Gasteiger partial charge in [0.2, 0.25) is 15.7 Å². The molecule has 19 heavy (non-hydrogen) atoms. The lowest BCUT2D eigenvalue weighted by Gasteiger charge is -2.26. The van der Waals surface area contributed by atoms with Gasteiger partial charge >= 0.3 is 0 Å². The van der Waals surface area contributed by atoms with Crippen molar-refractivity contribution in [3.8, 4) is 5.75 Å². The molecule has 0 fully saturated rings. The van der Waals surface area contributed by atoms with Crippen LogP contribution in [-0.4, -0.2) is 20.4 Å². The lowest BCUT2D eigenvalue weighted by molar-refractivity contribution is 0.0999. The van der Waals surface area contributed by atoms with Gasteiger partial charge in [-0.15, -0.1) is 0 Å². The number of amides is 1. The number of fused-ring (bicyclic) bond motifs is 1. The van der Waals surface area contributed by atoms with Gasteiger partial charge < -0.3 is 10.5 Å². The van der Waals surface area contributed by atoms with E-state index < -0.39 is 21.8 Å². The Hall–Kier alpha value is -1.82. The summed E-state index contributed by atoms with van der Waals surface area (Å²) in [4.78, 5) is 11.3. The quantitative estimate of drug-likeness (QED) is 0.888. The average Bonchev–Trinajstić information content (AvgIpc) is 2.35. The minimum absolute atomic E-state index is 0.0142. The molecule has 1 unspecified atom stereocenters. The zero-order chi connectivity index (χ0) is 14.4. The predicted molar refractivity (Wildman–Crippen MR) is 70.8 cm³/mol. The van der Waals surface area contributed by atoms with Gasteiger partial charge in [-0.25, -0.2) is 8.42 Å². The molecule has 0 radical (unpaired) electrons. The van der Waals surface area contributed by atoms with Gasteiger partial charge in [0.05, 0.1) is 4.91 Å². The van der Waals surface area contributed by atoms with Crippen molar-refractivity contribution in [2.75, 3.05) is 0 Å². The summed E-state index contributed by atoms with van der Waals surface area (Å²) in [5, 5.41) is 0. The van der Waals surface area contributed by atoms with Gasteiger partial charge in [-0.3, -0.25) is 4.79 Å². The topological polar surface area (TPSA) is 86.5 Å². The highest BCUT2D eigenvalue weighted by Gasteiger charge is 2.34. The first-order valence-electron chi connectivity index (χ1n) is 5.86. The molecule has 0 bridgehead atoms. The highest BCUT2D eigenvalue weighted by atomic mass is 32.2. The standard InChI is InChI=1S/C13H15NO4S/c1-4-9-5-11-12(6-10(9)13(14)15)19(16,17)8(3)7(2)18-11/h5-7H,3-4H2,1-2H3,(H2,14,15). The Kier molecular flexibility index (Phi) is 3.14. The normalized spacial score (nSPS) is 20.5. The molecule has 1 amide bonds. The van der Waals surface area contributed by atoms with Gasteiger partial charge in [0.15, 0.2) is 0 Å². The monoisotopic (exact) mass is 281 g/mol. The summed E-state index contributed by atoms with van der Waals surface area (Å²) in [6.45, 7) is 7.01. The first-order valence-corrected chi connectivity index (χ1v) is 7.34. The van der Waals surface area contributed by atoms with E-state index >= 15 is 0 Å². The molecule has 5 nitrogen and oxygen atoms in total. The summed E-state index contributed by atoms with van der Waals surface area (Å²) >= 11 is 0. The second kappa shape index (κ2) is 4.38. The maximum Gasteiger partial charge on any atom is 0.249 e. The molecule has 0 saturated carbocycles. The Labute approximate surface area is 112 Å². The Bertz CT molecular complexity index is 676. The molecule has 2 N–H and O–H groups in total. The number of hydrogen-bond acceptors (Lipinski definition) is 4. The van der Waals surface area contributed by atoms with Crippen LogP contribution >= 0.6 is 0 Å². The smallest absolute Gasteiger partial charge is 0.249 e. The zero-order valence-corrected chi connectivity index (χ0v) is 11.6. The van der Waals surface area contributed by atoms with Crippen LogP contribution in [0.15, 0.2) is 28.5 Å². The number of ether oxygens (including phenoxy) is 1. The number of primary amides is 1. The van der Waals surface area contributed by atoms with Crippen molar-refractivity contribution in [1.29, 1.82) is 0 Å². The number of sulfone groups is 1. The van der Waals surface area contributed by atoms with Crippen molar-refractivity contribution in [2.45, 2.75) is 31.3 Å². The predicted octanol–water partition coefficient (Wildman–Crippen LogP) is 1.42. The third-order valence-electron chi connectivity index (χ3n) is 3.21. The highest BCUT2D eigenvalue weighted by molar-refractivity contribution is 7.95. The number of benzene rings is 1. The number of aryl methyl sites for hydroxylation is 1. The van der Waals surface area contributed by atoms with Crippen LogP contribution in [0.4, 0.5) is 0 Å². The summed E-state index contributed by atoms with van der Waals surface area (Å²) in [5.41, 5.74) is 6.15. The van der Waals surface area contributed by atoms with E-state index in [0.717, 1.165) is 0 Å². The lowest BCUT2D eigenvalue weighted by atomic mass is 10.0. The third kappa shape index (κ3) is 2.02. The van der Waals surface area contributed by atoms with Crippen molar-refractivity contribution in [3.05, 3.63) is 34.7 Å². The lowest BCUT2D eigenvalue weighted by Crippen LogP contribution is -2.28. The molecule has 1 atom stereocenters. The van der Waals surface area contributed by atoms with Crippen LogP contribution in [-0.2, 0) is 16.3 Å². The van der Waals surface area contributed by atoms with Crippen LogP contribution in [0.5, 0.6) is 5.75 Å². The van der Waals surface area contributed by atoms with Gasteiger partial charge in [0.1, 0.15) is 16.7 Å². The molecule has 1 aliphatic heterocycles. The first kappa shape index (κ1) is 13.6. The number of carbonyl (C=O) groups excluding carboxylic acids is 1. The zero-order valence-electron chi connectivity index (χ0n) is 10.8. The van der Waals surface area contributed by atoms with Crippen LogP contribution in [0.2, 0.25) is 0 Å². The maximum absolute atomic E-state index is 12.3. The molecule has 1 aromatic rings. The second-order valence-corrected chi connectivity index (χ2v) is 6.37. The molecule has 1 aromatic carbocycles. The van der Waals surface area contributed by atoms with E-state index in [2.05, 4.69) is 6.58 Å². The third-order valence-corrected chi connectivity index (χ3v) is 5.13. The Morgan fingerprint density at radius 1 is 1.47 bits per heavy atom. The molecule has 2 rings (SSSR count). The van der Waals surface area contributed by atoms with Crippen LogP contribution in [0.25, 0.3) is 0 Å². The summed E-state index contributed by atoms with van der Waals surface area (Å²) in [6.07, 6.45) is -0.0498. The van der Waals surface area contributed by atoms with E-state index in [4.69, 9.17) is 10.5 Å². The maximum atomic E-state index is 12.3. The van der Waals surface area contributed by atoms with Gasteiger partial charge in [0.25, 0.3) is 0 Å². The van der Waals surface area contributed by atoms with E-state index in [-0.39, 0.29) is 21.1 Å². The van der Waals surface area contributed by atoms with Crippen LogP contribution in [0, 0.1) is 0 Å². The molecule has 6 heteroatoms. The van der Waals surface area contributed by atoms with Crippen molar-refractivity contribution < 1.29 is 17.9 Å². The fourth-order valence-corrected chi connectivity index (χ4v) is 3.45. The summed E-state index contributed by atoms with van der Waals surface area (Å²) in [6, 6.07) is 2.85. The summed E-state index contributed by atoms with van der Waals surface area (Å²) < 4.78 is 30.0. The molecule has 0 saturated heterocycles. The molecule has 0 spiro atoms. The van der Waals surface area contributed by atoms with Crippen LogP contribution in [0.1, 0.15) is 29.8 Å². The number of nitrogens with two attached hydrogens (primary N) is 1. The van der Waals surface area contributed by atoms with Crippen molar-refractivity contribution in [3.63, 3.8) is 0 Å². The van der Waals surface area contributed by atoms with Crippen LogP contribution < -0.4 is 10.5 Å². The molecule has 1 aliphatic rings. The van der Waals surface area contributed by atoms with E-state index in [1.54, 1.807) is 13.0 Å². The highest BCUT2D eigenvalue weighted by Crippen LogP contribution is 2.38. The van der Waals surface area contributed by atoms with Gasteiger partial charge in [-0.2, -0.15) is 0 Å². The van der Waals surface area contributed by atoms with E-state index in [1.165, 1.54) is 6.07 Å². The molecule has 1 heterocycles. The van der Waals surface area contributed by atoms with Crippen molar-refractivity contribution in [2.24, 2.45) is 5.73 Å². The summed E-state index contributed by atoms with van der Waals surface area (Å²) in [7, 11) is -3.68. The van der Waals surface area contributed by atoms with Crippen molar-refractivity contribution >= 4 is 15.7 Å². The Morgan fingerprint density at radius 2 is 2.11 bits per heavy atom. The summed E-state index contributed by atoms with van der Waals surface area (Å²) in [5.74, 6) is -0.402. The Balaban J connectivity index is 2.77. The number of hydrogen-bond donors (Lipinski definition) is 1. The van der Waals surface area contributed by atoms with E-state index in [9.17, 15) is 13.2 Å². The van der Waals surface area contributed by atoms with Gasteiger partial charge in [0, 0.05) is 5.56 Å². The average molecular weight is 281 g/mol.